The molecule has 0 saturated carbocycles. The van der Waals surface area contributed by atoms with Crippen LogP contribution >= 0.6 is 0 Å². The zero-order valence-corrected chi connectivity index (χ0v) is 11.7. The van der Waals surface area contributed by atoms with Gasteiger partial charge in [-0.25, -0.2) is 0 Å². The molecule has 0 amide bonds. The Bertz CT molecular complexity index is 451. The van der Waals surface area contributed by atoms with Crippen molar-refractivity contribution in [3.05, 3.63) is 29.3 Å². The van der Waals surface area contributed by atoms with Crippen molar-refractivity contribution in [1.82, 2.24) is 0 Å². The van der Waals surface area contributed by atoms with Crippen LogP contribution in [0.2, 0.25) is 0 Å². The first kappa shape index (κ1) is 15.2. The van der Waals surface area contributed by atoms with E-state index in [4.69, 9.17) is 9.47 Å². The summed E-state index contributed by atoms with van der Waals surface area (Å²) in [5, 5.41) is 0. The lowest BCUT2D eigenvalue weighted by Gasteiger charge is -2.10. The van der Waals surface area contributed by atoms with E-state index in [9.17, 15) is 9.59 Å². The third kappa shape index (κ3) is 4.73. The molecule has 1 aromatic rings. The molecule has 1 rings (SSSR count). The smallest absolute Gasteiger partial charge is 0.306 e. The molecule has 104 valence electrons. The van der Waals surface area contributed by atoms with Crippen LogP contribution in [0.5, 0.6) is 5.75 Å². The Balaban J connectivity index is 2.75. The first-order chi connectivity index (χ1) is 9.08. The highest BCUT2D eigenvalue weighted by atomic mass is 16.5. The standard InChI is InChI=1S/C15H20O4/c1-4-18-14-8-6-11(3)10-12(14)13(16)7-9-15(17)19-5-2/h6,8,10H,4-5,7,9H2,1-3H3. The van der Waals surface area contributed by atoms with Gasteiger partial charge in [0, 0.05) is 6.42 Å². The van der Waals surface area contributed by atoms with E-state index in [0.717, 1.165) is 5.56 Å². The first-order valence-electron chi connectivity index (χ1n) is 6.50. The largest absolute Gasteiger partial charge is 0.493 e. The van der Waals surface area contributed by atoms with Gasteiger partial charge in [-0.1, -0.05) is 11.6 Å². The summed E-state index contributed by atoms with van der Waals surface area (Å²) in [7, 11) is 0. The van der Waals surface area contributed by atoms with Gasteiger partial charge < -0.3 is 9.47 Å². The molecule has 1 aromatic carbocycles. The van der Waals surface area contributed by atoms with Crippen LogP contribution in [0.15, 0.2) is 18.2 Å². The number of hydrogen-bond donors (Lipinski definition) is 0. The van der Waals surface area contributed by atoms with E-state index in [1.807, 2.05) is 19.9 Å². The number of rotatable bonds is 7. The van der Waals surface area contributed by atoms with Gasteiger partial charge in [0.2, 0.25) is 0 Å². The number of benzene rings is 1. The Hall–Kier alpha value is -1.84. The van der Waals surface area contributed by atoms with Crippen molar-refractivity contribution >= 4 is 11.8 Å². The Morgan fingerprint density at radius 2 is 1.84 bits per heavy atom. The highest BCUT2D eigenvalue weighted by Gasteiger charge is 2.14. The van der Waals surface area contributed by atoms with E-state index < -0.39 is 0 Å². The molecule has 0 spiro atoms. The summed E-state index contributed by atoms with van der Waals surface area (Å²) in [5.41, 5.74) is 1.52. The van der Waals surface area contributed by atoms with Crippen LogP contribution in [0.4, 0.5) is 0 Å². The third-order valence-electron chi connectivity index (χ3n) is 2.60. The van der Waals surface area contributed by atoms with E-state index >= 15 is 0 Å². The van der Waals surface area contributed by atoms with E-state index in [-0.39, 0.29) is 24.6 Å². The van der Waals surface area contributed by atoms with E-state index in [2.05, 4.69) is 0 Å². The van der Waals surface area contributed by atoms with Gasteiger partial charge in [-0.3, -0.25) is 9.59 Å². The van der Waals surface area contributed by atoms with Gasteiger partial charge in [-0.05, 0) is 32.9 Å². The quantitative estimate of drug-likeness (QED) is 0.561. The predicted molar refractivity (Wildman–Crippen MR) is 72.5 cm³/mol. The zero-order valence-electron chi connectivity index (χ0n) is 11.7. The second kappa shape index (κ2) is 7.56. The fraction of sp³-hybridized carbons (Fsp3) is 0.467. The fourth-order valence-electron chi connectivity index (χ4n) is 1.73. The van der Waals surface area contributed by atoms with Crippen molar-refractivity contribution in [2.24, 2.45) is 0 Å². The second-order valence-electron chi connectivity index (χ2n) is 4.16. The minimum atomic E-state index is -0.346. The maximum Gasteiger partial charge on any atom is 0.306 e. The highest BCUT2D eigenvalue weighted by Crippen LogP contribution is 2.22. The average molecular weight is 264 g/mol. The SMILES string of the molecule is CCOC(=O)CCC(=O)c1cc(C)ccc1OCC. The maximum atomic E-state index is 12.1. The molecule has 0 bridgehead atoms. The summed E-state index contributed by atoms with van der Waals surface area (Å²) < 4.78 is 10.2. The lowest BCUT2D eigenvalue weighted by Crippen LogP contribution is -2.09. The average Bonchev–Trinajstić information content (AvgIpc) is 2.38. The molecule has 19 heavy (non-hydrogen) atoms. The molecule has 0 aliphatic rings. The van der Waals surface area contributed by atoms with E-state index in [1.54, 1.807) is 19.1 Å². The second-order valence-corrected chi connectivity index (χ2v) is 4.16. The molecule has 4 nitrogen and oxygen atoms in total. The van der Waals surface area contributed by atoms with Gasteiger partial charge in [0.25, 0.3) is 0 Å². The Kier molecular flexibility index (Phi) is 6.06. The first-order valence-corrected chi connectivity index (χ1v) is 6.50. The molecular formula is C15H20O4. The molecule has 0 N–H and O–H groups in total. The minimum absolute atomic E-state index is 0.0970. The van der Waals surface area contributed by atoms with Crippen molar-refractivity contribution < 1.29 is 19.1 Å². The number of ether oxygens (including phenoxy) is 2. The number of esters is 1. The lowest BCUT2D eigenvalue weighted by atomic mass is 10.0. The van der Waals surface area contributed by atoms with Crippen LogP contribution < -0.4 is 4.74 Å². The number of ketones is 1. The molecule has 0 saturated heterocycles. The van der Waals surface area contributed by atoms with Crippen molar-refractivity contribution in [1.29, 1.82) is 0 Å². The fourth-order valence-corrected chi connectivity index (χ4v) is 1.73. The number of hydrogen-bond acceptors (Lipinski definition) is 4. The summed E-state index contributed by atoms with van der Waals surface area (Å²) in [6.45, 7) is 6.36. The Morgan fingerprint density at radius 1 is 1.11 bits per heavy atom. The number of carbonyl (C=O) groups is 2. The van der Waals surface area contributed by atoms with Gasteiger partial charge in [-0.15, -0.1) is 0 Å². The van der Waals surface area contributed by atoms with Crippen molar-refractivity contribution in [3.8, 4) is 5.75 Å². The van der Waals surface area contributed by atoms with Crippen molar-refractivity contribution in [2.45, 2.75) is 33.6 Å². The molecule has 0 aliphatic heterocycles. The van der Waals surface area contributed by atoms with Crippen LogP contribution in [0.25, 0.3) is 0 Å². The highest BCUT2D eigenvalue weighted by molar-refractivity contribution is 6.00. The molecule has 4 heteroatoms. The Morgan fingerprint density at radius 3 is 2.47 bits per heavy atom. The van der Waals surface area contributed by atoms with Gasteiger partial charge in [0.15, 0.2) is 5.78 Å². The minimum Gasteiger partial charge on any atom is -0.493 e. The molecule has 0 aliphatic carbocycles. The topological polar surface area (TPSA) is 52.6 Å². The monoisotopic (exact) mass is 264 g/mol. The summed E-state index contributed by atoms with van der Waals surface area (Å²) >= 11 is 0. The molecule has 0 aromatic heterocycles. The summed E-state index contributed by atoms with van der Waals surface area (Å²) in [5.74, 6) is 0.128. The van der Waals surface area contributed by atoms with Crippen LogP contribution in [-0.2, 0) is 9.53 Å². The number of carbonyl (C=O) groups excluding carboxylic acids is 2. The van der Waals surface area contributed by atoms with Crippen LogP contribution in [-0.4, -0.2) is 25.0 Å². The molecule has 0 atom stereocenters. The normalized spacial score (nSPS) is 10.1. The maximum absolute atomic E-state index is 12.1. The summed E-state index contributed by atoms with van der Waals surface area (Å²) in [6, 6.07) is 5.47. The number of Topliss-reactive ketones (excluding diaryl/α,β-unsaturated/α-hetero) is 1. The predicted octanol–water partition coefficient (Wildman–Crippen LogP) is 2.92. The van der Waals surface area contributed by atoms with Crippen LogP contribution in [0.3, 0.4) is 0 Å². The molecule has 0 heterocycles. The zero-order chi connectivity index (χ0) is 14.3. The van der Waals surface area contributed by atoms with Gasteiger partial charge in [0.1, 0.15) is 5.75 Å². The van der Waals surface area contributed by atoms with Crippen molar-refractivity contribution in [3.63, 3.8) is 0 Å². The van der Waals surface area contributed by atoms with Gasteiger partial charge >= 0.3 is 5.97 Å². The van der Waals surface area contributed by atoms with Gasteiger partial charge in [0.05, 0.1) is 25.2 Å². The number of aryl methyl sites for hydroxylation is 1. The Labute approximate surface area is 113 Å². The third-order valence-corrected chi connectivity index (χ3v) is 2.60. The van der Waals surface area contributed by atoms with E-state index in [0.29, 0.717) is 24.5 Å². The van der Waals surface area contributed by atoms with Crippen LogP contribution in [0.1, 0.15) is 42.6 Å². The van der Waals surface area contributed by atoms with Gasteiger partial charge in [-0.2, -0.15) is 0 Å². The molecule has 0 fully saturated rings. The molecule has 0 unspecified atom stereocenters. The van der Waals surface area contributed by atoms with E-state index in [1.165, 1.54) is 0 Å². The summed E-state index contributed by atoms with van der Waals surface area (Å²) in [6.07, 6.45) is 0.245. The lowest BCUT2D eigenvalue weighted by molar-refractivity contribution is -0.143. The van der Waals surface area contributed by atoms with Crippen LogP contribution in [0, 0.1) is 6.92 Å². The molecular weight excluding hydrogens is 244 g/mol. The molecule has 0 radical (unpaired) electrons. The summed E-state index contributed by atoms with van der Waals surface area (Å²) in [4.78, 5) is 23.4. The van der Waals surface area contributed by atoms with Crippen molar-refractivity contribution in [2.75, 3.05) is 13.2 Å².